The Morgan fingerprint density at radius 1 is 0.436 bits per heavy atom. The molecule has 2 aliphatic rings. The average Bonchev–Trinajstić information content (AvgIpc) is 3.45. The van der Waals surface area contributed by atoms with Gasteiger partial charge in [0.05, 0.1) is 0 Å². The van der Waals surface area contributed by atoms with Gasteiger partial charge in [0.2, 0.25) is 0 Å². The summed E-state index contributed by atoms with van der Waals surface area (Å²) in [4.78, 5) is 0. The average molecular weight is 575 g/mol. The van der Waals surface area contributed by atoms with Crippen molar-refractivity contribution in [1.29, 1.82) is 0 Å². The number of benzene rings is 6. The second-order valence-corrected chi connectivity index (χ2v) is 11.0. The monoisotopic (exact) mass is 574 g/mol. The number of aromatic hydroxyl groups is 4. The van der Waals surface area contributed by atoms with Crippen LogP contribution in [0.4, 0.5) is 0 Å². The van der Waals surface area contributed by atoms with Crippen LogP contribution in [0.15, 0.2) is 95.5 Å². The van der Waals surface area contributed by atoms with Crippen molar-refractivity contribution in [2.45, 2.75) is 12.8 Å². The van der Waals surface area contributed by atoms with E-state index in [-0.39, 0.29) is 5.75 Å². The predicted octanol–water partition coefficient (Wildman–Crippen LogP) is 8.41. The van der Waals surface area contributed by atoms with Gasteiger partial charge in [0.1, 0.15) is 23.0 Å². The first-order valence-corrected chi connectivity index (χ1v) is 13.5. The highest BCUT2D eigenvalue weighted by Gasteiger charge is 2.23. The Morgan fingerprint density at radius 3 is 1.72 bits per heavy atom. The van der Waals surface area contributed by atoms with E-state index in [1.807, 2.05) is 36.4 Å². The van der Waals surface area contributed by atoms with Crippen molar-refractivity contribution in [2.24, 2.45) is 0 Å². The molecule has 0 fully saturated rings. The molecule has 0 aliphatic heterocycles. The lowest BCUT2D eigenvalue weighted by molar-refractivity contribution is 0.474. The summed E-state index contributed by atoms with van der Waals surface area (Å²) in [5, 5.41) is 42.7. The molecule has 0 atom stereocenters. The zero-order chi connectivity index (χ0) is 26.8. The van der Waals surface area contributed by atoms with Gasteiger partial charge >= 0.3 is 0 Å². The summed E-state index contributed by atoms with van der Waals surface area (Å²) in [6.45, 7) is 0. The van der Waals surface area contributed by atoms with Crippen LogP contribution in [0, 0.1) is 0 Å². The third kappa shape index (κ3) is 3.98. The van der Waals surface area contributed by atoms with Crippen LogP contribution in [0.2, 0.25) is 0 Å². The maximum Gasteiger partial charge on any atom is 0.116 e. The molecule has 0 unspecified atom stereocenters. The minimum atomic E-state index is 0.270. The van der Waals surface area contributed by atoms with Crippen molar-refractivity contribution >= 4 is 37.5 Å². The first-order chi connectivity index (χ1) is 18.8. The molecule has 0 saturated heterocycles. The number of rotatable bonds is 0. The highest BCUT2D eigenvalue weighted by atomic mass is 79.9. The number of hydrogen-bond acceptors (Lipinski definition) is 4. The molecular formula is C34H23BrO4. The van der Waals surface area contributed by atoms with Crippen LogP contribution in [0.3, 0.4) is 0 Å². The maximum absolute atomic E-state index is 9.66. The number of halogens is 1. The van der Waals surface area contributed by atoms with Crippen LogP contribution in [-0.4, -0.2) is 20.4 Å². The van der Waals surface area contributed by atoms with E-state index < -0.39 is 0 Å². The Kier molecular flexibility index (Phi) is 5.32. The smallest absolute Gasteiger partial charge is 0.116 e. The fraction of sp³-hybridized carbons (Fsp3) is 0.0588. The number of phenols is 4. The molecular weight excluding hydrogens is 552 g/mol. The Labute approximate surface area is 233 Å². The Bertz CT molecular complexity index is 1980. The van der Waals surface area contributed by atoms with Crippen LogP contribution in [-0.2, 0) is 12.8 Å². The molecule has 190 valence electrons. The molecule has 0 aromatic heterocycles. The first-order valence-electron chi connectivity index (χ1n) is 12.7. The van der Waals surface area contributed by atoms with Gasteiger partial charge in [-0.1, -0.05) is 30.3 Å². The summed E-state index contributed by atoms with van der Waals surface area (Å²) in [5.74, 6) is 1.18. The summed E-state index contributed by atoms with van der Waals surface area (Å²) in [5.41, 5.74) is 9.56. The predicted molar refractivity (Wildman–Crippen MR) is 159 cm³/mol. The van der Waals surface area contributed by atoms with Gasteiger partial charge in [0, 0.05) is 4.47 Å². The lowest BCUT2D eigenvalue weighted by atomic mass is 10.0. The second kappa shape index (κ2) is 8.79. The molecule has 39 heavy (non-hydrogen) atoms. The maximum atomic E-state index is 9.66. The second-order valence-electron chi connectivity index (χ2n) is 10.2. The Hall–Kier alpha value is -4.48. The largest absolute Gasteiger partial charge is 0.508 e. The number of phenolic OH excluding ortho intramolecular Hbond substituents is 4. The van der Waals surface area contributed by atoms with Crippen molar-refractivity contribution in [3.8, 4) is 45.3 Å². The van der Waals surface area contributed by atoms with E-state index in [0.29, 0.717) is 17.2 Å². The summed E-state index contributed by atoms with van der Waals surface area (Å²) < 4.78 is 1.02. The molecule has 0 bridgehead atoms. The zero-order valence-corrected chi connectivity index (χ0v) is 22.3. The van der Waals surface area contributed by atoms with E-state index in [9.17, 15) is 20.4 Å². The molecule has 8 rings (SSSR count). The van der Waals surface area contributed by atoms with Crippen molar-refractivity contribution in [2.75, 3.05) is 0 Å². The van der Waals surface area contributed by atoms with Crippen LogP contribution in [0.5, 0.6) is 23.0 Å². The molecule has 4 nitrogen and oxygen atoms in total. The number of hydrogen-bond donors (Lipinski definition) is 4. The van der Waals surface area contributed by atoms with Gasteiger partial charge < -0.3 is 20.4 Å². The number of fused-ring (bicyclic) bond motifs is 8. The van der Waals surface area contributed by atoms with Gasteiger partial charge in [-0.25, -0.2) is 0 Å². The van der Waals surface area contributed by atoms with Crippen molar-refractivity contribution in [3.63, 3.8) is 0 Å². The molecule has 6 aromatic rings. The first kappa shape index (κ1) is 23.6. The molecule has 5 heteroatoms. The summed E-state index contributed by atoms with van der Waals surface area (Å²) in [6.07, 6.45) is 1.63. The van der Waals surface area contributed by atoms with Crippen LogP contribution in [0.1, 0.15) is 22.3 Å². The zero-order valence-electron chi connectivity index (χ0n) is 20.7. The normalized spacial score (nSPS) is 12.4. The van der Waals surface area contributed by atoms with Gasteiger partial charge in [0.25, 0.3) is 0 Å². The molecule has 0 heterocycles. The van der Waals surface area contributed by atoms with Crippen LogP contribution in [0.25, 0.3) is 43.8 Å². The summed E-state index contributed by atoms with van der Waals surface area (Å²) >= 11 is 3.67. The lowest BCUT2D eigenvalue weighted by Crippen LogP contribution is -1.85. The highest BCUT2D eigenvalue weighted by Crippen LogP contribution is 2.45. The third-order valence-corrected chi connectivity index (χ3v) is 8.62. The molecule has 4 N–H and O–H groups in total. The van der Waals surface area contributed by atoms with Gasteiger partial charge in [-0.15, -0.1) is 0 Å². The van der Waals surface area contributed by atoms with E-state index >= 15 is 0 Å². The van der Waals surface area contributed by atoms with E-state index in [1.165, 1.54) is 33.4 Å². The molecule has 0 saturated carbocycles. The fourth-order valence-corrected chi connectivity index (χ4v) is 6.60. The minimum Gasteiger partial charge on any atom is -0.508 e. The van der Waals surface area contributed by atoms with Crippen LogP contribution >= 0.6 is 15.9 Å². The van der Waals surface area contributed by atoms with Crippen LogP contribution < -0.4 is 0 Å². The van der Waals surface area contributed by atoms with Gasteiger partial charge in [-0.3, -0.25) is 0 Å². The SMILES string of the molecule is Oc1ccc2c(c1)Cc1c-2cc2ccc(O)cc2c1Br.Oc1ccc2c(c1)Cc1cc3cc(O)ccc3cc1-2. The van der Waals surface area contributed by atoms with Gasteiger partial charge in [0.15, 0.2) is 0 Å². The minimum absolute atomic E-state index is 0.270. The van der Waals surface area contributed by atoms with Gasteiger partial charge in [-0.05, 0) is 155 Å². The van der Waals surface area contributed by atoms with E-state index in [4.69, 9.17) is 0 Å². The van der Waals surface area contributed by atoms with E-state index in [2.05, 4.69) is 34.1 Å². The third-order valence-electron chi connectivity index (χ3n) is 7.72. The lowest BCUT2D eigenvalue weighted by Gasteiger charge is -2.08. The molecule has 2 aliphatic carbocycles. The molecule has 0 radical (unpaired) electrons. The van der Waals surface area contributed by atoms with Crippen molar-refractivity contribution in [1.82, 2.24) is 0 Å². The van der Waals surface area contributed by atoms with E-state index in [1.54, 1.807) is 36.4 Å². The Morgan fingerprint density at radius 2 is 0.974 bits per heavy atom. The molecule has 0 amide bonds. The topological polar surface area (TPSA) is 80.9 Å². The quantitative estimate of drug-likeness (QED) is 0.146. The van der Waals surface area contributed by atoms with E-state index in [0.717, 1.165) is 50.0 Å². The van der Waals surface area contributed by atoms with Crippen molar-refractivity contribution < 1.29 is 20.4 Å². The molecule has 6 aromatic carbocycles. The summed E-state index contributed by atoms with van der Waals surface area (Å²) in [6, 6.07) is 28.3. The molecule has 0 spiro atoms. The highest BCUT2D eigenvalue weighted by molar-refractivity contribution is 9.10. The van der Waals surface area contributed by atoms with Gasteiger partial charge in [-0.2, -0.15) is 0 Å². The van der Waals surface area contributed by atoms with Crippen molar-refractivity contribution in [3.05, 3.63) is 118 Å². The summed E-state index contributed by atoms with van der Waals surface area (Å²) in [7, 11) is 0. The Balaban J connectivity index is 0.000000130. The standard InChI is InChI=1S/C17H11BrO2.C17H12O2/c18-17-14-8-12(20)2-1-9(14)6-15-13-4-3-11(19)5-10(13)7-16(15)17;18-14-2-1-10-9-17-12(5-11(10)7-14)6-13-8-15(19)3-4-16(13)17/h1-6,8,19-20H,7H2;1-5,7-9,18-19H,6H2. The fourth-order valence-electron chi connectivity index (χ4n) is 5.90.